The van der Waals surface area contributed by atoms with E-state index in [1.54, 1.807) is 0 Å². The van der Waals surface area contributed by atoms with Crippen molar-refractivity contribution in [2.75, 3.05) is 6.54 Å². The molecule has 1 amide bonds. The zero-order valence-electron chi connectivity index (χ0n) is 11.0. The highest BCUT2D eigenvalue weighted by atomic mass is 19.4. The molecule has 1 heterocycles. The van der Waals surface area contributed by atoms with Crippen molar-refractivity contribution >= 4 is 12.1 Å². The average molecular weight is 303 g/mol. The fourth-order valence-corrected chi connectivity index (χ4v) is 1.97. The zero-order chi connectivity index (χ0) is 15.8. The van der Waals surface area contributed by atoms with Crippen molar-refractivity contribution in [3.63, 3.8) is 0 Å². The minimum Gasteiger partial charge on any atom is -0.478 e. The number of carboxylic acids is 1. The van der Waals surface area contributed by atoms with E-state index in [2.05, 4.69) is 0 Å². The van der Waals surface area contributed by atoms with Gasteiger partial charge in [0.15, 0.2) is 0 Å². The molecule has 114 valence electrons. The quantitative estimate of drug-likeness (QED) is 0.931. The molecule has 1 aromatic carbocycles. The van der Waals surface area contributed by atoms with Crippen LogP contribution in [0.2, 0.25) is 0 Å². The Morgan fingerprint density at radius 3 is 2.38 bits per heavy atom. The molecule has 1 fully saturated rings. The van der Waals surface area contributed by atoms with Crippen molar-refractivity contribution in [3.8, 4) is 0 Å². The van der Waals surface area contributed by atoms with E-state index in [1.807, 2.05) is 0 Å². The molecule has 1 atom stereocenters. The molecule has 5 nitrogen and oxygen atoms in total. The minimum atomic E-state index is -4.42. The molecule has 0 bridgehead atoms. The smallest absolute Gasteiger partial charge is 0.416 e. The van der Waals surface area contributed by atoms with Crippen LogP contribution in [0.15, 0.2) is 24.3 Å². The Balaban J connectivity index is 2.09. The van der Waals surface area contributed by atoms with Crippen LogP contribution < -0.4 is 0 Å². The Bertz CT molecular complexity index is 570. The van der Waals surface area contributed by atoms with Gasteiger partial charge in [-0.2, -0.15) is 13.2 Å². The summed E-state index contributed by atoms with van der Waals surface area (Å²) in [4.78, 5) is 23.7. The number of carboxylic acid groups (broad SMARTS) is 1. The molecule has 0 spiro atoms. The Hall–Kier alpha value is -2.25. The van der Waals surface area contributed by atoms with E-state index >= 15 is 0 Å². The average Bonchev–Trinajstić information content (AvgIpc) is 2.65. The van der Waals surface area contributed by atoms with Crippen molar-refractivity contribution < 1.29 is 32.6 Å². The Kier molecular flexibility index (Phi) is 3.56. The Labute approximate surface area is 117 Å². The Morgan fingerprint density at radius 1 is 1.38 bits per heavy atom. The second kappa shape index (κ2) is 4.94. The largest absolute Gasteiger partial charge is 0.478 e. The molecular formula is C13H12F3NO4. The van der Waals surface area contributed by atoms with Gasteiger partial charge < -0.3 is 9.84 Å². The number of carbonyl (C=O) groups excluding carboxylic acids is 1. The van der Waals surface area contributed by atoms with Gasteiger partial charge in [-0.15, -0.1) is 0 Å². The van der Waals surface area contributed by atoms with Gasteiger partial charge in [-0.05, 0) is 24.6 Å². The van der Waals surface area contributed by atoms with Crippen LogP contribution >= 0.6 is 0 Å². The van der Waals surface area contributed by atoms with E-state index in [1.165, 1.54) is 19.1 Å². The molecule has 1 aliphatic rings. The Morgan fingerprint density at radius 2 is 1.95 bits per heavy atom. The highest BCUT2D eigenvalue weighted by Crippen LogP contribution is 2.30. The minimum absolute atomic E-state index is 0.0140. The molecular weight excluding hydrogens is 291 g/mol. The summed E-state index contributed by atoms with van der Waals surface area (Å²) in [6.07, 6.45) is -5.23. The molecule has 1 saturated heterocycles. The number of nitrogens with zero attached hydrogens (tertiary/aromatic N) is 1. The molecule has 0 saturated carbocycles. The van der Waals surface area contributed by atoms with Crippen molar-refractivity contribution in [2.45, 2.75) is 25.2 Å². The highest BCUT2D eigenvalue weighted by molar-refractivity contribution is 5.84. The third kappa shape index (κ3) is 3.09. The van der Waals surface area contributed by atoms with Crippen LogP contribution in [0.25, 0.3) is 0 Å². The van der Waals surface area contributed by atoms with Gasteiger partial charge in [0.1, 0.15) is 0 Å². The van der Waals surface area contributed by atoms with Gasteiger partial charge in [-0.25, -0.2) is 9.59 Å². The molecule has 0 aliphatic carbocycles. The van der Waals surface area contributed by atoms with Crippen LogP contribution in [-0.2, 0) is 22.3 Å². The zero-order valence-corrected chi connectivity index (χ0v) is 11.0. The monoisotopic (exact) mass is 303 g/mol. The van der Waals surface area contributed by atoms with E-state index in [4.69, 9.17) is 9.84 Å². The molecule has 1 aliphatic heterocycles. The van der Waals surface area contributed by atoms with Crippen molar-refractivity contribution in [3.05, 3.63) is 35.4 Å². The van der Waals surface area contributed by atoms with E-state index in [9.17, 15) is 22.8 Å². The van der Waals surface area contributed by atoms with Crippen molar-refractivity contribution in [2.24, 2.45) is 0 Å². The number of ether oxygens (including phenoxy) is 1. The van der Waals surface area contributed by atoms with Gasteiger partial charge in [-0.3, -0.25) is 4.90 Å². The summed E-state index contributed by atoms with van der Waals surface area (Å²) in [6.45, 7) is 1.09. The van der Waals surface area contributed by atoms with Gasteiger partial charge in [0.25, 0.3) is 0 Å². The second-order valence-electron chi connectivity index (χ2n) is 4.95. The third-order valence-corrected chi connectivity index (χ3v) is 3.17. The number of cyclic esters (lactones) is 1. The normalized spacial score (nSPS) is 22.3. The number of alkyl halides is 3. The van der Waals surface area contributed by atoms with E-state index in [0.29, 0.717) is 5.56 Å². The SMILES string of the molecule is CC1(C(=O)O)CN(Cc2ccc(C(F)(F)F)cc2)C(=O)O1. The van der Waals surface area contributed by atoms with Crippen molar-refractivity contribution in [1.29, 1.82) is 0 Å². The summed E-state index contributed by atoms with van der Waals surface area (Å²) in [5, 5.41) is 8.97. The molecule has 2 rings (SSSR count). The summed E-state index contributed by atoms with van der Waals surface area (Å²) >= 11 is 0. The van der Waals surface area contributed by atoms with Crippen LogP contribution in [0.4, 0.5) is 18.0 Å². The second-order valence-corrected chi connectivity index (χ2v) is 4.95. The predicted molar refractivity (Wildman–Crippen MR) is 64.4 cm³/mol. The maximum atomic E-state index is 12.4. The van der Waals surface area contributed by atoms with Gasteiger partial charge >= 0.3 is 18.2 Å². The van der Waals surface area contributed by atoms with Gasteiger partial charge in [-0.1, -0.05) is 12.1 Å². The first-order valence-electron chi connectivity index (χ1n) is 5.99. The van der Waals surface area contributed by atoms with E-state index in [-0.39, 0.29) is 13.1 Å². The number of benzene rings is 1. The maximum Gasteiger partial charge on any atom is 0.416 e. The van der Waals surface area contributed by atoms with Crippen LogP contribution in [0, 0.1) is 0 Å². The number of aliphatic carboxylic acids is 1. The summed E-state index contributed by atoms with van der Waals surface area (Å²) in [6, 6.07) is 4.30. The lowest BCUT2D eigenvalue weighted by Crippen LogP contribution is -2.39. The van der Waals surface area contributed by atoms with E-state index < -0.39 is 29.4 Å². The van der Waals surface area contributed by atoms with Crippen LogP contribution in [0.5, 0.6) is 0 Å². The van der Waals surface area contributed by atoms with Gasteiger partial charge in [0, 0.05) is 6.54 Å². The fraction of sp³-hybridized carbons (Fsp3) is 0.385. The molecule has 8 heteroatoms. The molecule has 1 unspecified atom stereocenters. The first kappa shape index (κ1) is 15.1. The standard InChI is InChI=1S/C13H12F3NO4/c1-12(10(18)19)7-17(11(20)21-12)6-8-2-4-9(5-3-8)13(14,15)16/h2-5H,6-7H2,1H3,(H,18,19). The van der Waals surface area contributed by atoms with E-state index in [0.717, 1.165) is 17.0 Å². The number of amides is 1. The maximum absolute atomic E-state index is 12.4. The molecule has 21 heavy (non-hydrogen) atoms. The summed E-state index contributed by atoms with van der Waals surface area (Å²) in [7, 11) is 0. The number of rotatable bonds is 3. The topological polar surface area (TPSA) is 66.8 Å². The summed E-state index contributed by atoms with van der Waals surface area (Å²) in [5.41, 5.74) is -1.97. The van der Waals surface area contributed by atoms with Gasteiger partial charge in [0.2, 0.25) is 5.60 Å². The lowest BCUT2D eigenvalue weighted by atomic mass is 10.1. The lowest BCUT2D eigenvalue weighted by molar-refractivity contribution is -0.153. The highest BCUT2D eigenvalue weighted by Gasteiger charge is 2.47. The molecule has 0 aromatic heterocycles. The van der Waals surface area contributed by atoms with Crippen molar-refractivity contribution in [1.82, 2.24) is 4.90 Å². The summed E-state index contributed by atoms with van der Waals surface area (Å²) < 4.78 is 42.1. The summed E-state index contributed by atoms with van der Waals surface area (Å²) in [5.74, 6) is -1.27. The third-order valence-electron chi connectivity index (χ3n) is 3.17. The first-order chi connectivity index (χ1) is 9.62. The van der Waals surface area contributed by atoms with Crippen LogP contribution in [-0.4, -0.2) is 34.2 Å². The number of halogens is 3. The lowest BCUT2D eigenvalue weighted by Gasteiger charge is -2.16. The van der Waals surface area contributed by atoms with Crippen LogP contribution in [0.1, 0.15) is 18.1 Å². The van der Waals surface area contributed by atoms with Gasteiger partial charge in [0.05, 0.1) is 12.1 Å². The number of carbonyl (C=O) groups is 2. The van der Waals surface area contributed by atoms with Crippen LogP contribution in [0.3, 0.4) is 0 Å². The fourth-order valence-electron chi connectivity index (χ4n) is 1.97. The number of hydrogen-bond donors (Lipinski definition) is 1. The molecule has 0 radical (unpaired) electrons. The molecule has 1 aromatic rings. The number of hydrogen-bond acceptors (Lipinski definition) is 3. The first-order valence-corrected chi connectivity index (χ1v) is 5.99. The molecule has 1 N–H and O–H groups in total. The predicted octanol–water partition coefficient (Wildman–Crippen LogP) is 2.50.